The number of benzene rings is 2. The molecule has 0 saturated heterocycles. The average Bonchev–Trinajstić information content (AvgIpc) is 2.42. The van der Waals surface area contributed by atoms with E-state index in [-0.39, 0.29) is 17.6 Å². The Kier molecular flexibility index (Phi) is 4.73. The Morgan fingerprint density at radius 2 is 1.85 bits per heavy atom. The zero-order valence-electron chi connectivity index (χ0n) is 11.1. The van der Waals surface area contributed by atoms with Gasteiger partial charge in [-0.05, 0) is 44.3 Å². The van der Waals surface area contributed by atoms with Crippen LogP contribution in [0.25, 0.3) is 0 Å². The minimum Gasteiger partial charge on any atom is -0.454 e. The number of halogens is 3. The Morgan fingerprint density at radius 3 is 2.55 bits per heavy atom. The van der Waals surface area contributed by atoms with Crippen molar-refractivity contribution in [3.63, 3.8) is 0 Å². The van der Waals surface area contributed by atoms with Gasteiger partial charge in [0.05, 0.1) is 0 Å². The van der Waals surface area contributed by atoms with Crippen molar-refractivity contribution in [2.24, 2.45) is 0 Å². The molecule has 0 aliphatic carbocycles. The molecule has 2 aromatic rings. The highest BCUT2D eigenvalue weighted by atomic mass is 79.9. The zero-order chi connectivity index (χ0) is 14.7. The third kappa shape index (κ3) is 3.16. The maximum atomic E-state index is 13.9. The van der Waals surface area contributed by atoms with Gasteiger partial charge in [-0.15, -0.1) is 0 Å². The van der Waals surface area contributed by atoms with Gasteiger partial charge in [-0.3, -0.25) is 0 Å². The van der Waals surface area contributed by atoms with Gasteiger partial charge >= 0.3 is 0 Å². The molecule has 1 N–H and O–H groups in total. The Bertz CT molecular complexity index is 619. The van der Waals surface area contributed by atoms with Crippen LogP contribution in [0, 0.1) is 11.6 Å². The van der Waals surface area contributed by atoms with Gasteiger partial charge in [0, 0.05) is 16.1 Å². The van der Waals surface area contributed by atoms with Crippen LogP contribution in [-0.2, 0) is 0 Å². The predicted octanol–water partition coefficient (Wildman–Crippen LogP) is 4.80. The van der Waals surface area contributed by atoms with Gasteiger partial charge in [0.25, 0.3) is 0 Å². The highest BCUT2D eigenvalue weighted by Crippen LogP contribution is 2.33. The van der Waals surface area contributed by atoms with Crippen LogP contribution in [0.1, 0.15) is 18.5 Å². The van der Waals surface area contributed by atoms with Crippen LogP contribution >= 0.6 is 15.9 Å². The Hall–Kier alpha value is -1.46. The molecule has 20 heavy (non-hydrogen) atoms. The van der Waals surface area contributed by atoms with Gasteiger partial charge in [0.1, 0.15) is 11.6 Å². The number of rotatable bonds is 4. The molecule has 0 aromatic heterocycles. The van der Waals surface area contributed by atoms with Crippen molar-refractivity contribution in [1.29, 1.82) is 0 Å². The third-order valence-electron chi connectivity index (χ3n) is 2.99. The molecule has 0 fully saturated rings. The van der Waals surface area contributed by atoms with E-state index in [9.17, 15) is 8.78 Å². The molecule has 1 unspecified atom stereocenters. The summed E-state index contributed by atoms with van der Waals surface area (Å²) < 4.78 is 33.9. The zero-order valence-corrected chi connectivity index (χ0v) is 12.7. The van der Waals surface area contributed by atoms with Crippen molar-refractivity contribution in [3.8, 4) is 11.5 Å². The highest BCUT2D eigenvalue weighted by Gasteiger charge is 2.17. The smallest absolute Gasteiger partial charge is 0.165 e. The number of nitrogens with one attached hydrogen (secondary N) is 1. The molecule has 0 amide bonds. The molecule has 2 aromatic carbocycles. The van der Waals surface area contributed by atoms with E-state index in [2.05, 4.69) is 21.2 Å². The van der Waals surface area contributed by atoms with Crippen LogP contribution in [0.3, 0.4) is 0 Å². The van der Waals surface area contributed by atoms with Crippen LogP contribution < -0.4 is 10.1 Å². The van der Waals surface area contributed by atoms with Gasteiger partial charge < -0.3 is 10.1 Å². The fourth-order valence-corrected chi connectivity index (χ4v) is 2.18. The number of hydrogen-bond donors (Lipinski definition) is 1. The van der Waals surface area contributed by atoms with Gasteiger partial charge in [-0.1, -0.05) is 22.0 Å². The third-order valence-corrected chi connectivity index (χ3v) is 3.49. The van der Waals surface area contributed by atoms with Gasteiger partial charge in [0.15, 0.2) is 11.6 Å². The first-order valence-electron chi connectivity index (χ1n) is 6.11. The Morgan fingerprint density at radius 1 is 1.10 bits per heavy atom. The van der Waals surface area contributed by atoms with Crippen LogP contribution in [0.4, 0.5) is 8.78 Å². The van der Waals surface area contributed by atoms with Crippen molar-refractivity contribution in [2.45, 2.75) is 13.0 Å². The first kappa shape index (κ1) is 14.9. The summed E-state index contributed by atoms with van der Waals surface area (Å²) in [6.07, 6.45) is 0. The number of hydrogen-bond acceptors (Lipinski definition) is 2. The molecule has 2 rings (SSSR count). The normalized spacial score (nSPS) is 12.2. The Balaban J connectivity index is 2.43. The molecule has 0 bridgehead atoms. The summed E-state index contributed by atoms with van der Waals surface area (Å²) in [5, 5.41) is 2.95. The van der Waals surface area contributed by atoms with E-state index in [1.807, 2.05) is 6.92 Å². The lowest BCUT2D eigenvalue weighted by molar-refractivity contribution is 0.423. The lowest BCUT2D eigenvalue weighted by atomic mass is 10.1. The van der Waals surface area contributed by atoms with Crippen LogP contribution in [-0.4, -0.2) is 7.05 Å². The lowest BCUT2D eigenvalue weighted by Crippen LogP contribution is -2.15. The van der Waals surface area contributed by atoms with Gasteiger partial charge in [-0.25, -0.2) is 8.78 Å². The van der Waals surface area contributed by atoms with E-state index in [0.717, 1.165) is 0 Å². The van der Waals surface area contributed by atoms with E-state index < -0.39 is 5.82 Å². The summed E-state index contributed by atoms with van der Waals surface area (Å²) in [7, 11) is 1.72. The van der Waals surface area contributed by atoms with Crippen LogP contribution in [0.2, 0.25) is 0 Å². The molecule has 0 heterocycles. The van der Waals surface area contributed by atoms with Gasteiger partial charge in [0.2, 0.25) is 0 Å². The summed E-state index contributed by atoms with van der Waals surface area (Å²) in [6, 6.07) is 8.63. The molecule has 2 nitrogen and oxygen atoms in total. The van der Waals surface area contributed by atoms with E-state index in [4.69, 9.17) is 4.74 Å². The molecule has 0 aliphatic heterocycles. The lowest BCUT2D eigenvalue weighted by Gasteiger charge is -2.17. The largest absolute Gasteiger partial charge is 0.454 e. The molecule has 0 aliphatic rings. The molecular formula is C15H14BrF2NO. The van der Waals surface area contributed by atoms with Crippen LogP contribution in [0.5, 0.6) is 11.5 Å². The second-order valence-electron chi connectivity index (χ2n) is 4.34. The minimum atomic E-state index is -0.500. The van der Waals surface area contributed by atoms with Crippen LogP contribution in [0.15, 0.2) is 40.9 Å². The quantitative estimate of drug-likeness (QED) is 0.862. The topological polar surface area (TPSA) is 21.3 Å². The van der Waals surface area contributed by atoms with Crippen molar-refractivity contribution in [2.75, 3.05) is 7.05 Å². The maximum absolute atomic E-state index is 13.9. The average molecular weight is 342 g/mol. The highest BCUT2D eigenvalue weighted by molar-refractivity contribution is 9.10. The second-order valence-corrected chi connectivity index (χ2v) is 5.25. The predicted molar refractivity (Wildman–Crippen MR) is 78.0 cm³/mol. The van der Waals surface area contributed by atoms with Gasteiger partial charge in [-0.2, -0.15) is 0 Å². The van der Waals surface area contributed by atoms with Crippen molar-refractivity contribution in [3.05, 3.63) is 58.1 Å². The summed E-state index contributed by atoms with van der Waals surface area (Å²) in [6.45, 7) is 1.81. The molecule has 0 radical (unpaired) electrons. The van der Waals surface area contributed by atoms with E-state index in [0.29, 0.717) is 15.8 Å². The van der Waals surface area contributed by atoms with Crippen molar-refractivity contribution < 1.29 is 13.5 Å². The number of ether oxygens (including phenoxy) is 1. The van der Waals surface area contributed by atoms with Crippen molar-refractivity contribution in [1.82, 2.24) is 5.32 Å². The molecule has 0 saturated carbocycles. The molecule has 0 spiro atoms. The molecule has 1 atom stereocenters. The monoisotopic (exact) mass is 341 g/mol. The molecule has 106 valence electrons. The van der Waals surface area contributed by atoms with E-state index >= 15 is 0 Å². The second kappa shape index (κ2) is 6.33. The van der Waals surface area contributed by atoms with E-state index in [1.165, 1.54) is 24.3 Å². The fraction of sp³-hybridized carbons (Fsp3) is 0.200. The minimum absolute atomic E-state index is 0.0505. The first-order chi connectivity index (χ1) is 9.52. The molecule has 5 heteroatoms. The fourth-order valence-electron chi connectivity index (χ4n) is 1.84. The summed E-state index contributed by atoms with van der Waals surface area (Å²) in [5.41, 5.74) is 0.370. The molecular weight excluding hydrogens is 328 g/mol. The SMILES string of the molecule is CNC(C)c1c(F)cccc1Oc1cc(Br)ccc1F. The standard InChI is InChI=1S/C15H14BrF2NO/c1-9(19-2)15-12(18)4-3-5-13(15)20-14-8-10(16)6-7-11(14)17/h3-9,19H,1-2H3. The first-order valence-corrected chi connectivity index (χ1v) is 6.90. The summed E-state index contributed by atoms with van der Waals surface area (Å²) in [5.74, 6) is -0.543. The van der Waals surface area contributed by atoms with Crippen molar-refractivity contribution >= 4 is 15.9 Å². The summed E-state index contributed by atoms with van der Waals surface area (Å²) in [4.78, 5) is 0. The Labute approximate surface area is 124 Å². The maximum Gasteiger partial charge on any atom is 0.165 e. The summed E-state index contributed by atoms with van der Waals surface area (Å²) >= 11 is 3.25. The van der Waals surface area contributed by atoms with E-state index in [1.54, 1.807) is 19.2 Å².